The fourth-order valence-electron chi connectivity index (χ4n) is 2.41. The lowest BCUT2D eigenvalue weighted by Gasteiger charge is -2.26. The van der Waals surface area contributed by atoms with Gasteiger partial charge >= 0.3 is 0 Å². The maximum atomic E-state index is 10.8. The molecule has 2 atom stereocenters. The molecule has 5 heteroatoms. The quantitative estimate of drug-likeness (QED) is 0.698. The van der Waals surface area contributed by atoms with E-state index in [0.717, 1.165) is 25.0 Å². The summed E-state index contributed by atoms with van der Waals surface area (Å²) < 4.78 is 5.22. The van der Waals surface area contributed by atoms with Gasteiger partial charge in [-0.1, -0.05) is 6.07 Å². The van der Waals surface area contributed by atoms with Crippen molar-refractivity contribution in [1.29, 1.82) is 0 Å². The van der Waals surface area contributed by atoms with Crippen molar-refractivity contribution < 1.29 is 14.6 Å². The van der Waals surface area contributed by atoms with Gasteiger partial charge in [-0.25, -0.2) is 0 Å². The van der Waals surface area contributed by atoms with E-state index in [0.29, 0.717) is 0 Å². The number of carbonyl (C=O) groups excluding carboxylic acids is 1. The van der Waals surface area contributed by atoms with Crippen LogP contribution >= 0.6 is 0 Å². The number of nitrogens with one attached hydrogen (secondary N) is 1. The number of carbonyl (C=O) groups is 1. The Hall–Kier alpha value is -1.59. The van der Waals surface area contributed by atoms with Gasteiger partial charge in [0.15, 0.2) is 0 Å². The number of primary amides is 1. The number of nitrogens with two attached hydrogens (primary N) is 1. The molecule has 1 aliphatic rings. The van der Waals surface area contributed by atoms with Gasteiger partial charge in [-0.15, -0.1) is 0 Å². The standard InChI is InChI=1S/C14H20N2O3/c1-19-12-5-3-9-2-4-11(6-10(9)7-12)16-8-13(17)14(15)18/h3,5,7,11,13,16-17H,2,4,6,8H2,1H3,(H2,15,18). The smallest absolute Gasteiger partial charge is 0.247 e. The summed E-state index contributed by atoms with van der Waals surface area (Å²) in [6.45, 7) is 0.208. The molecule has 0 fully saturated rings. The number of methoxy groups -OCH3 is 1. The van der Waals surface area contributed by atoms with Crippen molar-refractivity contribution in [2.75, 3.05) is 13.7 Å². The maximum Gasteiger partial charge on any atom is 0.247 e. The average Bonchev–Trinajstić information content (AvgIpc) is 2.43. The Balaban J connectivity index is 1.95. The van der Waals surface area contributed by atoms with E-state index < -0.39 is 12.0 Å². The number of aliphatic hydroxyl groups excluding tert-OH is 1. The van der Waals surface area contributed by atoms with Gasteiger partial charge in [0.2, 0.25) is 5.91 Å². The molecule has 0 aromatic heterocycles. The number of benzene rings is 1. The first-order valence-electron chi connectivity index (χ1n) is 6.46. The van der Waals surface area contributed by atoms with E-state index in [9.17, 15) is 9.90 Å². The molecule has 5 nitrogen and oxygen atoms in total. The third-order valence-corrected chi connectivity index (χ3v) is 3.57. The number of hydrogen-bond acceptors (Lipinski definition) is 4. The van der Waals surface area contributed by atoms with Crippen molar-refractivity contribution in [2.45, 2.75) is 31.4 Å². The molecular weight excluding hydrogens is 244 g/mol. The summed E-state index contributed by atoms with van der Waals surface area (Å²) >= 11 is 0. The van der Waals surface area contributed by atoms with E-state index in [1.807, 2.05) is 12.1 Å². The summed E-state index contributed by atoms with van der Waals surface area (Å²) in [4.78, 5) is 10.8. The zero-order valence-electron chi connectivity index (χ0n) is 11.1. The van der Waals surface area contributed by atoms with Gasteiger partial charge < -0.3 is 20.9 Å². The molecule has 0 radical (unpaired) electrons. The minimum atomic E-state index is -1.12. The minimum absolute atomic E-state index is 0.208. The average molecular weight is 264 g/mol. The van der Waals surface area contributed by atoms with E-state index in [2.05, 4.69) is 11.4 Å². The second-order valence-corrected chi connectivity index (χ2v) is 4.90. The molecule has 2 unspecified atom stereocenters. The van der Waals surface area contributed by atoms with Gasteiger partial charge in [-0.05, 0) is 42.5 Å². The predicted molar refractivity (Wildman–Crippen MR) is 72.0 cm³/mol. The van der Waals surface area contributed by atoms with Crippen molar-refractivity contribution in [3.8, 4) is 5.75 Å². The molecule has 4 N–H and O–H groups in total. The molecule has 1 aliphatic carbocycles. The van der Waals surface area contributed by atoms with E-state index in [-0.39, 0.29) is 12.6 Å². The predicted octanol–water partition coefficient (Wildman–Crippen LogP) is -0.0117. The van der Waals surface area contributed by atoms with Crippen molar-refractivity contribution in [1.82, 2.24) is 5.32 Å². The van der Waals surface area contributed by atoms with Crippen LogP contribution in [0.15, 0.2) is 18.2 Å². The number of ether oxygens (including phenoxy) is 1. The second kappa shape index (κ2) is 6.04. The molecule has 1 amide bonds. The Labute approximate surface area is 112 Å². The molecule has 104 valence electrons. The van der Waals surface area contributed by atoms with Crippen molar-refractivity contribution >= 4 is 5.91 Å². The lowest BCUT2D eigenvalue weighted by molar-refractivity contribution is -0.125. The van der Waals surface area contributed by atoms with Crippen LogP contribution in [-0.4, -0.2) is 36.8 Å². The molecule has 1 aromatic carbocycles. The van der Waals surface area contributed by atoms with Gasteiger partial charge in [0, 0.05) is 12.6 Å². The number of amides is 1. The Morgan fingerprint density at radius 1 is 1.58 bits per heavy atom. The maximum absolute atomic E-state index is 10.8. The topological polar surface area (TPSA) is 84.6 Å². The van der Waals surface area contributed by atoms with Crippen LogP contribution in [0.25, 0.3) is 0 Å². The highest BCUT2D eigenvalue weighted by Gasteiger charge is 2.20. The Bertz CT molecular complexity index is 462. The number of aliphatic hydroxyl groups is 1. The Morgan fingerprint density at radius 3 is 3.05 bits per heavy atom. The molecular formula is C14H20N2O3. The molecule has 0 saturated heterocycles. The van der Waals surface area contributed by atoms with Crippen LogP contribution in [0.2, 0.25) is 0 Å². The lowest BCUT2D eigenvalue weighted by atomic mass is 9.88. The summed E-state index contributed by atoms with van der Waals surface area (Å²) in [6.07, 6.45) is 1.73. The molecule has 19 heavy (non-hydrogen) atoms. The summed E-state index contributed by atoms with van der Waals surface area (Å²) in [5, 5.41) is 12.6. The van der Waals surface area contributed by atoms with Crippen LogP contribution < -0.4 is 15.8 Å². The van der Waals surface area contributed by atoms with E-state index in [1.165, 1.54) is 11.1 Å². The SMILES string of the molecule is COc1ccc2c(c1)CC(NCC(O)C(N)=O)CC2. The van der Waals surface area contributed by atoms with Gasteiger partial charge in [-0.3, -0.25) is 4.79 Å². The number of hydrogen-bond donors (Lipinski definition) is 3. The summed E-state index contributed by atoms with van der Waals surface area (Å²) in [6, 6.07) is 6.38. The number of rotatable bonds is 5. The zero-order chi connectivity index (χ0) is 13.8. The monoisotopic (exact) mass is 264 g/mol. The molecule has 0 saturated carbocycles. The first-order valence-corrected chi connectivity index (χ1v) is 6.46. The van der Waals surface area contributed by atoms with Gasteiger partial charge in [0.1, 0.15) is 11.9 Å². The first kappa shape index (κ1) is 13.8. The van der Waals surface area contributed by atoms with Crippen LogP contribution in [-0.2, 0) is 17.6 Å². The fourth-order valence-corrected chi connectivity index (χ4v) is 2.41. The fraction of sp³-hybridized carbons (Fsp3) is 0.500. The second-order valence-electron chi connectivity index (χ2n) is 4.90. The largest absolute Gasteiger partial charge is 0.497 e. The third kappa shape index (κ3) is 3.45. The molecule has 0 heterocycles. The van der Waals surface area contributed by atoms with Gasteiger partial charge in [0.05, 0.1) is 7.11 Å². The van der Waals surface area contributed by atoms with E-state index in [4.69, 9.17) is 10.5 Å². The lowest BCUT2D eigenvalue weighted by Crippen LogP contribution is -2.43. The summed E-state index contributed by atoms with van der Waals surface area (Å²) in [7, 11) is 1.66. The van der Waals surface area contributed by atoms with Crippen LogP contribution in [0.1, 0.15) is 17.5 Å². The van der Waals surface area contributed by atoms with Gasteiger partial charge in [-0.2, -0.15) is 0 Å². The van der Waals surface area contributed by atoms with Crippen molar-refractivity contribution in [3.05, 3.63) is 29.3 Å². The normalized spacial score (nSPS) is 19.6. The molecule has 0 bridgehead atoms. The van der Waals surface area contributed by atoms with Crippen LogP contribution in [0.3, 0.4) is 0 Å². The van der Waals surface area contributed by atoms with Crippen LogP contribution in [0.5, 0.6) is 5.75 Å². The molecule has 2 rings (SSSR count). The van der Waals surface area contributed by atoms with Crippen molar-refractivity contribution in [2.24, 2.45) is 5.73 Å². The zero-order valence-corrected chi connectivity index (χ0v) is 11.1. The van der Waals surface area contributed by atoms with Crippen LogP contribution in [0.4, 0.5) is 0 Å². The number of fused-ring (bicyclic) bond motifs is 1. The highest BCUT2D eigenvalue weighted by atomic mass is 16.5. The van der Waals surface area contributed by atoms with Crippen molar-refractivity contribution in [3.63, 3.8) is 0 Å². The van der Waals surface area contributed by atoms with Gasteiger partial charge in [0.25, 0.3) is 0 Å². The summed E-state index contributed by atoms with van der Waals surface area (Å²) in [5.41, 5.74) is 7.62. The highest BCUT2D eigenvalue weighted by Crippen LogP contribution is 2.25. The number of aryl methyl sites for hydroxylation is 1. The van der Waals surface area contributed by atoms with Crippen LogP contribution in [0, 0.1) is 0 Å². The highest BCUT2D eigenvalue weighted by molar-refractivity contribution is 5.78. The Morgan fingerprint density at radius 2 is 2.37 bits per heavy atom. The Kier molecular flexibility index (Phi) is 4.39. The third-order valence-electron chi connectivity index (χ3n) is 3.57. The minimum Gasteiger partial charge on any atom is -0.497 e. The molecule has 0 spiro atoms. The summed E-state index contributed by atoms with van der Waals surface area (Å²) in [5.74, 6) is 0.168. The molecule has 0 aliphatic heterocycles. The first-order chi connectivity index (χ1) is 9.10. The van der Waals surface area contributed by atoms with E-state index >= 15 is 0 Å². The molecule has 1 aromatic rings. The van der Waals surface area contributed by atoms with E-state index in [1.54, 1.807) is 7.11 Å².